The van der Waals surface area contributed by atoms with Gasteiger partial charge in [-0.1, -0.05) is 42.5 Å². The van der Waals surface area contributed by atoms with Gasteiger partial charge in [0.05, 0.1) is 0 Å². The maximum Gasteiger partial charge on any atom is 0.228 e. The predicted octanol–water partition coefficient (Wildman–Crippen LogP) is 4.37. The number of rotatable bonds is 3. The van der Waals surface area contributed by atoms with E-state index in [4.69, 9.17) is 0 Å². The van der Waals surface area contributed by atoms with Crippen LogP contribution in [0.1, 0.15) is 55.2 Å². The van der Waals surface area contributed by atoms with Crippen LogP contribution in [0.2, 0.25) is 0 Å². The van der Waals surface area contributed by atoms with Gasteiger partial charge in [0.1, 0.15) is 0 Å². The fraction of sp³-hybridized carbons (Fsp3) is 0.552. The summed E-state index contributed by atoms with van der Waals surface area (Å²) in [6.45, 7) is 6.25. The largest absolute Gasteiger partial charge is 0.311 e. The van der Waals surface area contributed by atoms with Crippen LogP contribution in [-0.2, 0) is 22.0 Å². The molecule has 2 aromatic rings. The van der Waals surface area contributed by atoms with Crippen LogP contribution in [0.3, 0.4) is 0 Å². The first-order chi connectivity index (χ1) is 16.1. The van der Waals surface area contributed by atoms with Crippen molar-refractivity contribution < 1.29 is 4.79 Å². The van der Waals surface area contributed by atoms with Crippen LogP contribution in [0.15, 0.2) is 48.5 Å². The lowest BCUT2D eigenvalue weighted by molar-refractivity contribution is -0.119. The van der Waals surface area contributed by atoms with Gasteiger partial charge in [-0.05, 0) is 99.9 Å². The Morgan fingerprint density at radius 2 is 1.48 bits per heavy atom. The molecule has 174 valence electrons. The van der Waals surface area contributed by atoms with Crippen LogP contribution in [0.25, 0.3) is 0 Å². The first-order valence-electron chi connectivity index (χ1n) is 13.0. The first kappa shape index (κ1) is 21.4. The summed E-state index contributed by atoms with van der Waals surface area (Å²) in [6, 6.07) is 17.8. The van der Waals surface area contributed by atoms with E-state index in [2.05, 4.69) is 70.3 Å². The van der Waals surface area contributed by atoms with Crippen LogP contribution in [0, 0.1) is 0 Å². The van der Waals surface area contributed by atoms with E-state index in [0.717, 1.165) is 52.1 Å². The molecule has 1 aliphatic carbocycles. The Morgan fingerprint density at radius 3 is 2.27 bits per heavy atom. The average molecular weight is 444 g/mol. The van der Waals surface area contributed by atoms with E-state index in [1.54, 1.807) is 11.1 Å². The summed E-state index contributed by atoms with van der Waals surface area (Å²) >= 11 is 0. The van der Waals surface area contributed by atoms with Crippen molar-refractivity contribution in [1.29, 1.82) is 0 Å². The molecule has 3 aliphatic heterocycles. The lowest BCUT2D eigenvalue weighted by Gasteiger charge is -2.40. The maximum absolute atomic E-state index is 13.4. The number of piperidine rings is 2. The molecule has 0 aromatic heterocycles. The molecule has 1 amide bonds. The summed E-state index contributed by atoms with van der Waals surface area (Å²) < 4.78 is 0. The summed E-state index contributed by atoms with van der Waals surface area (Å²) in [5.41, 5.74) is 6.31. The lowest BCUT2D eigenvalue weighted by Crippen LogP contribution is -2.46. The van der Waals surface area contributed by atoms with E-state index in [1.165, 1.54) is 36.9 Å². The number of para-hydroxylation sites is 1. The molecule has 2 saturated heterocycles. The number of carbonyl (C=O) groups excluding carboxylic acids is 1. The van der Waals surface area contributed by atoms with Gasteiger partial charge in [-0.25, -0.2) is 0 Å². The second-order valence-corrected chi connectivity index (χ2v) is 11.1. The predicted molar refractivity (Wildman–Crippen MR) is 134 cm³/mol. The zero-order valence-electron chi connectivity index (χ0n) is 20.1. The number of carbonyl (C=O) groups is 1. The van der Waals surface area contributed by atoms with Gasteiger partial charge in [0.15, 0.2) is 0 Å². The van der Waals surface area contributed by atoms with Crippen molar-refractivity contribution in [2.75, 3.05) is 51.2 Å². The topological polar surface area (TPSA) is 26.8 Å². The van der Waals surface area contributed by atoms with Gasteiger partial charge in [-0.15, -0.1) is 0 Å². The minimum Gasteiger partial charge on any atom is -0.311 e. The Labute approximate surface area is 198 Å². The number of hydrogen-bond acceptors (Lipinski definition) is 3. The SMILES string of the molecule is CN1CCC2(CC1)CN(C(=O)CCN1CCC3(CCc4ccccc43)CC1)c1ccccc12. The van der Waals surface area contributed by atoms with Crippen molar-refractivity contribution >= 4 is 11.6 Å². The molecule has 4 aliphatic rings. The van der Waals surface area contributed by atoms with Crippen LogP contribution in [0.4, 0.5) is 5.69 Å². The highest BCUT2D eigenvalue weighted by molar-refractivity contribution is 5.96. The van der Waals surface area contributed by atoms with Crippen molar-refractivity contribution in [3.8, 4) is 0 Å². The van der Waals surface area contributed by atoms with E-state index in [-0.39, 0.29) is 5.41 Å². The van der Waals surface area contributed by atoms with E-state index in [1.807, 2.05) is 0 Å². The van der Waals surface area contributed by atoms with Crippen LogP contribution >= 0.6 is 0 Å². The van der Waals surface area contributed by atoms with Gasteiger partial charge >= 0.3 is 0 Å². The molecule has 2 aromatic carbocycles. The van der Waals surface area contributed by atoms with Gasteiger partial charge in [-0.3, -0.25) is 4.79 Å². The van der Waals surface area contributed by atoms with Crippen LogP contribution < -0.4 is 4.90 Å². The van der Waals surface area contributed by atoms with Crippen molar-refractivity contribution in [3.63, 3.8) is 0 Å². The van der Waals surface area contributed by atoms with E-state index in [9.17, 15) is 4.79 Å². The Morgan fingerprint density at radius 1 is 0.818 bits per heavy atom. The third kappa shape index (κ3) is 3.63. The molecule has 2 fully saturated rings. The number of benzene rings is 2. The second kappa shape index (κ2) is 8.25. The highest BCUT2D eigenvalue weighted by Crippen LogP contribution is 2.48. The fourth-order valence-corrected chi connectivity index (χ4v) is 7.20. The second-order valence-electron chi connectivity index (χ2n) is 11.1. The standard InChI is InChI=1S/C29H37N3O/c1-30-18-13-29(14-19-30)22-32(26-9-5-4-8-25(26)29)27(33)11-17-31-20-15-28(16-21-31)12-10-23-6-2-3-7-24(23)28/h2-9H,10-22H2,1H3. The zero-order chi connectivity index (χ0) is 22.5. The molecule has 0 N–H and O–H groups in total. The van der Waals surface area contributed by atoms with Crippen molar-refractivity contribution in [3.05, 3.63) is 65.2 Å². The van der Waals surface area contributed by atoms with Crippen molar-refractivity contribution in [2.24, 2.45) is 0 Å². The van der Waals surface area contributed by atoms with Gasteiger partial charge in [0, 0.05) is 30.6 Å². The monoisotopic (exact) mass is 443 g/mol. The molecule has 0 saturated carbocycles. The summed E-state index contributed by atoms with van der Waals surface area (Å²) in [6.07, 6.45) is 7.96. The molecule has 4 heteroatoms. The summed E-state index contributed by atoms with van der Waals surface area (Å²) in [4.78, 5) is 20.5. The Bertz CT molecular complexity index is 1030. The van der Waals surface area contributed by atoms with Crippen molar-refractivity contribution in [2.45, 2.75) is 55.8 Å². The number of anilines is 1. The molecule has 0 atom stereocenters. The van der Waals surface area contributed by atoms with E-state index >= 15 is 0 Å². The molecule has 6 rings (SSSR count). The zero-order valence-corrected chi connectivity index (χ0v) is 20.1. The molecule has 0 unspecified atom stereocenters. The third-order valence-electron chi connectivity index (χ3n) is 9.39. The van der Waals surface area contributed by atoms with Crippen LogP contribution in [0.5, 0.6) is 0 Å². The average Bonchev–Trinajstić information content (AvgIpc) is 3.38. The number of aryl methyl sites for hydroxylation is 1. The molecule has 0 bridgehead atoms. The first-order valence-corrected chi connectivity index (χ1v) is 13.0. The Balaban J connectivity index is 1.09. The number of nitrogens with zero attached hydrogens (tertiary/aromatic N) is 3. The minimum absolute atomic E-state index is 0.159. The Hall–Kier alpha value is -2.17. The molecular weight excluding hydrogens is 406 g/mol. The fourth-order valence-electron chi connectivity index (χ4n) is 7.20. The number of hydrogen-bond donors (Lipinski definition) is 0. The smallest absolute Gasteiger partial charge is 0.228 e. The number of fused-ring (bicyclic) bond motifs is 4. The quantitative estimate of drug-likeness (QED) is 0.705. The van der Waals surface area contributed by atoms with Crippen molar-refractivity contribution in [1.82, 2.24) is 9.80 Å². The highest BCUT2D eigenvalue weighted by atomic mass is 16.2. The van der Waals surface area contributed by atoms with E-state index in [0.29, 0.717) is 17.7 Å². The van der Waals surface area contributed by atoms with Gasteiger partial charge in [0.2, 0.25) is 5.91 Å². The summed E-state index contributed by atoms with van der Waals surface area (Å²) in [5, 5.41) is 0. The maximum atomic E-state index is 13.4. The van der Waals surface area contributed by atoms with Crippen LogP contribution in [-0.4, -0.2) is 62.0 Å². The van der Waals surface area contributed by atoms with Gasteiger partial charge in [0.25, 0.3) is 0 Å². The number of amides is 1. The Kier molecular flexibility index (Phi) is 5.34. The molecule has 4 nitrogen and oxygen atoms in total. The summed E-state index contributed by atoms with van der Waals surface area (Å²) in [5.74, 6) is 0.310. The normalized spacial score (nSPS) is 23.7. The minimum atomic E-state index is 0.159. The molecule has 0 radical (unpaired) electrons. The summed E-state index contributed by atoms with van der Waals surface area (Å²) in [7, 11) is 2.21. The molecular formula is C29H37N3O. The third-order valence-corrected chi connectivity index (χ3v) is 9.39. The molecule has 3 heterocycles. The van der Waals surface area contributed by atoms with Gasteiger partial charge < -0.3 is 14.7 Å². The van der Waals surface area contributed by atoms with Gasteiger partial charge in [-0.2, -0.15) is 0 Å². The highest BCUT2D eigenvalue weighted by Gasteiger charge is 2.46. The lowest BCUT2D eigenvalue weighted by atomic mass is 9.74. The van der Waals surface area contributed by atoms with E-state index < -0.39 is 0 Å². The number of likely N-dealkylation sites (tertiary alicyclic amines) is 2. The molecule has 33 heavy (non-hydrogen) atoms. The molecule has 2 spiro atoms.